The zero-order valence-corrected chi connectivity index (χ0v) is 12.6. The van der Waals surface area contributed by atoms with Gasteiger partial charge < -0.3 is 14.7 Å². The third-order valence-electron chi connectivity index (χ3n) is 4.23. The van der Waals surface area contributed by atoms with E-state index in [0.29, 0.717) is 19.8 Å². The summed E-state index contributed by atoms with van der Waals surface area (Å²) >= 11 is 0. The summed E-state index contributed by atoms with van der Waals surface area (Å²) in [5.41, 5.74) is 1.01. The first-order valence-corrected chi connectivity index (χ1v) is 7.82. The number of anilines is 1. The molecule has 2 saturated heterocycles. The molecule has 1 aromatic heterocycles. The Balaban J connectivity index is 1.62. The Hall–Kier alpha value is -1.73. The van der Waals surface area contributed by atoms with E-state index in [-0.39, 0.29) is 12.5 Å². The van der Waals surface area contributed by atoms with Gasteiger partial charge in [-0.05, 0) is 12.8 Å². The van der Waals surface area contributed by atoms with Crippen molar-refractivity contribution in [1.29, 1.82) is 0 Å². The lowest BCUT2D eigenvalue weighted by Crippen LogP contribution is -2.45. The molecule has 7 nitrogen and oxygen atoms in total. The van der Waals surface area contributed by atoms with Gasteiger partial charge in [0.25, 0.3) is 0 Å². The van der Waals surface area contributed by atoms with E-state index in [4.69, 9.17) is 9.84 Å². The van der Waals surface area contributed by atoms with E-state index < -0.39 is 5.97 Å². The molecule has 3 heterocycles. The zero-order valence-electron chi connectivity index (χ0n) is 12.6. The lowest BCUT2D eigenvalue weighted by Gasteiger charge is -2.34. The van der Waals surface area contributed by atoms with Gasteiger partial charge in [-0.2, -0.15) is 0 Å². The predicted molar refractivity (Wildman–Crippen MR) is 80.7 cm³/mol. The lowest BCUT2D eigenvalue weighted by atomic mass is 10.1. The molecule has 0 radical (unpaired) electrons. The van der Waals surface area contributed by atoms with Gasteiger partial charge in [0, 0.05) is 50.2 Å². The number of ether oxygens (including phenoxy) is 1. The quantitative estimate of drug-likeness (QED) is 0.860. The smallest absolute Gasteiger partial charge is 0.305 e. The number of carbonyl (C=O) groups is 1. The fourth-order valence-corrected chi connectivity index (χ4v) is 3.03. The molecular formula is C15H22N4O3. The van der Waals surface area contributed by atoms with E-state index in [2.05, 4.69) is 19.8 Å². The zero-order chi connectivity index (χ0) is 15.4. The Kier molecular flexibility index (Phi) is 4.84. The number of aliphatic carboxylic acids is 1. The number of morpholine rings is 1. The second kappa shape index (κ2) is 7.02. The van der Waals surface area contributed by atoms with Crippen LogP contribution in [0.2, 0.25) is 0 Å². The van der Waals surface area contributed by atoms with Crippen molar-refractivity contribution >= 4 is 11.9 Å². The Morgan fingerprint density at radius 2 is 2.00 bits per heavy atom. The Labute approximate surface area is 129 Å². The van der Waals surface area contributed by atoms with Gasteiger partial charge in [0.1, 0.15) is 0 Å². The summed E-state index contributed by atoms with van der Waals surface area (Å²) in [6.07, 6.45) is 6.22. The van der Waals surface area contributed by atoms with Crippen LogP contribution >= 0.6 is 0 Å². The molecule has 0 unspecified atom stereocenters. The van der Waals surface area contributed by atoms with Crippen molar-refractivity contribution < 1.29 is 14.6 Å². The van der Waals surface area contributed by atoms with Crippen LogP contribution in [0.25, 0.3) is 0 Å². The van der Waals surface area contributed by atoms with Gasteiger partial charge in [0.05, 0.1) is 19.6 Å². The standard InChI is InChI=1S/C15H22N4O3/c20-14(21)7-13-11-22-6-5-19(13)10-12-8-16-15(17-9-12)18-3-1-2-4-18/h8-9,13H,1-7,10-11H2,(H,20,21)/t13-/m0/s1. The van der Waals surface area contributed by atoms with Gasteiger partial charge in [0.2, 0.25) is 5.95 Å². The SMILES string of the molecule is O=C(O)C[C@H]1COCCN1Cc1cnc(N2CCCC2)nc1. The molecule has 7 heteroatoms. The number of rotatable bonds is 5. The summed E-state index contributed by atoms with van der Waals surface area (Å²) in [5, 5.41) is 8.99. The number of carboxylic acid groups (broad SMARTS) is 1. The molecule has 22 heavy (non-hydrogen) atoms. The van der Waals surface area contributed by atoms with E-state index in [1.807, 2.05) is 12.4 Å². The van der Waals surface area contributed by atoms with Gasteiger partial charge in [-0.3, -0.25) is 9.69 Å². The molecule has 0 aliphatic carbocycles. The van der Waals surface area contributed by atoms with Crippen LogP contribution in [0, 0.1) is 0 Å². The third-order valence-corrected chi connectivity index (χ3v) is 4.23. The summed E-state index contributed by atoms with van der Waals surface area (Å²) in [5.74, 6) is 0.00597. The van der Waals surface area contributed by atoms with Crippen LogP contribution < -0.4 is 4.90 Å². The maximum atomic E-state index is 10.9. The molecule has 0 saturated carbocycles. The van der Waals surface area contributed by atoms with Crippen LogP contribution in [0.1, 0.15) is 24.8 Å². The maximum absolute atomic E-state index is 10.9. The van der Waals surface area contributed by atoms with E-state index in [1.165, 1.54) is 12.8 Å². The molecule has 1 atom stereocenters. The fourth-order valence-electron chi connectivity index (χ4n) is 3.03. The van der Waals surface area contributed by atoms with Crippen molar-refractivity contribution in [2.24, 2.45) is 0 Å². The summed E-state index contributed by atoms with van der Waals surface area (Å²) < 4.78 is 5.39. The van der Waals surface area contributed by atoms with Gasteiger partial charge in [-0.25, -0.2) is 9.97 Å². The molecule has 1 aromatic rings. The fraction of sp³-hybridized carbons (Fsp3) is 0.667. The highest BCUT2D eigenvalue weighted by molar-refractivity contribution is 5.67. The van der Waals surface area contributed by atoms with Crippen LogP contribution in [-0.2, 0) is 16.1 Å². The highest BCUT2D eigenvalue weighted by Gasteiger charge is 2.25. The monoisotopic (exact) mass is 306 g/mol. The molecule has 1 N–H and O–H groups in total. The topological polar surface area (TPSA) is 78.8 Å². The number of aromatic nitrogens is 2. The number of nitrogens with zero attached hydrogens (tertiary/aromatic N) is 4. The summed E-state index contributed by atoms with van der Waals surface area (Å²) in [7, 11) is 0. The number of carboxylic acids is 1. The number of hydrogen-bond acceptors (Lipinski definition) is 6. The number of hydrogen-bond donors (Lipinski definition) is 1. The van der Waals surface area contributed by atoms with Gasteiger partial charge in [-0.15, -0.1) is 0 Å². The van der Waals surface area contributed by atoms with Crippen molar-refractivity contribution in [3.8, 4) is 0 Å². The van der Waals surface area contributed by atoms with E-state index >= 15 is 0 Å². The van der Waals surface area contributed by atoms with Gasteiger partial charge in [-0.1, -0.05) is 0 Å². The lowest BCUT2D eigenvalue weighted by molar-refractivity contribution is -0.140. The highest BCUT2D eigenvalue weighted by atomic mass is 16.5. The molecule has 3 rings (SSSR count). The van der Waals surface area contributed by atoms with Crippen molar-refractivity contribution in [3.63, 3.8) is 0 Å². The molecular weight excluding hydrogens is 284 g/mol. The predicted octanol–water partition coefficient (Wildman–Crippen LogP) is 0.752. The molecule has 0 bridgehead atoms. The Morgan fingerprint density at radius 1 is 1.27 bits per heavy atom. The molecule has 2 aliphatic rings. The van der Waals surface area contributed by atoms with Crippen molar-refractivity contribution in [2.45, 2.75) is 31.8 Å². The van der Waals surface area contributed by atoms with E-state index in [9.17, 15) is 4.79 Å². The molecule has 2 fully saturated rings. The Bertz CT molecular complexity index is 502. The van der Waals surface area contributed by atoms with Crippen molar-refractivity contribution in [1.82, 2.24) is 14.9 Å². The highest BCUT2D eigenvalue weighted by Crippen LogP contribution is 2.17. The average molecular weight is 306 g/mol. The van der Waals surface area contributed by atoms with Crippen molar-refractivity contribution in [2.75, 3.05) is 37.7 Å². The Morgan fingerprint density at radius 3 is 2.68 bits per heavy atom. The summed E-state index contributed by atoms with van der Waals surface area (Å²) in [6, 6.07) is -0.0792. The largest absolute Gasteiger partial charge is 0.481 e. The minimum Gasteiger partial charge on any atom is -0.481 e. The van der Waals surface area contributed by atoms with Crippen molar-refractivity contribution in [3.05, 3.63) is 18.0 Å². The third kappa shape index (κ3) is 3.72. The van der Waals surface area contributed by atoms with Crippen LogP contribution in [0.4, 0.5) is 5.95 Å². The van der Waals surface area contributed by atoms with Gasteiger partial charge >= 0.3 is 5.97 Å². The van der Waals surface area contributed by atoms with Crippen LogP contribution in [0.3, 0.4) is 0 Å². The first-order chi connectivity index (χ1) is 10.7. The second-order valence-electron chi connectivity index (χ2n) is 5.88. The molecule has 2 aliphatic heterocycles. The first kappa shape index (κ1) is 15.2. The van der Waals surface area contributed by atoms with Crippen LogP contribution in [0.5, 0.6) is 0 Å². The molecule has 120 valence electrons. The normalized spacial score (nSPS) is 22.9. The van der Waals surface area contributed by atoms with E-state index in [0.717, 1.165) is 31.1 Å². The maximum Gasteiger partial charge on any atom is 0.305 e. The van der Waals surface area contributed by atoms with Gasteiger partial charge in [0.15, 0.2) is 0 Å². The molecule has 0 amide bonds. The minimum absolute atomic E-state index is 0.0792. The van der Waals surface area contributed by atoms with Crippen LogP contribution in [0.15, 0.2) is 12.4 Å². The first-order valence-electron chi connectivity index (χ1n) is 7.82. The summed E-state index contributed by atoms with van der Waals surface area (Å²) in [4.78, 5) is 24.2. The minimum atomic E-state index is -0.791. The van der Waals surface area contributed by atoms with E-state index in [1.54, 1.807) is 0 Å². The average Bonchev–Trinajstić information content (AvgIpc) is 3.04. The molecule has 0 spiro atoms. The summed E-state index contributed by atoms with van der Waals surface area (Å²) in [6.45, 7) is 4.59. The molecule has 0 aromatic carbocycles. The second-order valence-corrected chi connectivity index (χ2v) is 5.88. The van der Waals surface area contributed by atoms with Crippen LogP contribution in [-0.4, -0.2) is 64.8 Å².